The second kappa shape index (κ2) is 6.70. The average Bonchev–Trinajstić information content (AvgIpc) is 2.22. The molecule has 0 amide bonds. The Morgan fingerprint density at radius 1 is 1.40 bits per heavy atom. The molecule has 1 N–H and O–H groups in total. The molecule has 0 fully saturated rings. The van der Waals surface area contributed by atoms with E-state index >= 15 is 0 Å². The van der Waals surface area contributed by atoms with Crippen molar-refractivity contribution in [2.24, 2.45) is 0 Å². The Morgan fingerprint density at radius 3 is 2.80 bits per heavy atom. The Hall–Kier alpha value is -0.730. The predicted molar refractivity (Wildman–Crippen MR) is 62.8 cm³/mol. The number of ether oxygens (including phenoxy) is 1. The van der Waals surface area contributed by atoms with Crippen molar-refractivity contribution in [3.05, 3.63) is 29.3 Å². The highest BCUT2D eigenvalue weighted by molar-refractivity contribution is 6.17. The molecule has 0 aromatic heterocycles. The van der Waals surface area contributed by atoms with Gasteiger partial charge in [0.1, 0.15) is 5.75 Å². The van der Waals surface area contributed by atoms with Gasteiger partial charge in [0.15, 0.2) is 0 Å². The fourth-order valence-electron chi connectivity index (χ4n) is 1.39. The average molecular weight is 229 g/mol. The molecule has 0 unspecified atom stereocenters. The summed E-state index contributed by atoms with van der Waals surface area (Å²) in [5, 5.41) is 8.81. The van der Waals surface area contributed by atoms with Gasteiger partial charge in [-0.2, -0.15) is 0 Å². The van der Waals surface area contributed by atoms with E-state index in [1.165, 1.54) is 0 Å². The van der Waals surface area contributed by atoms with Gasteiger partial charge < -0.3 is 9.84 Å². The maximum Gasteiger partial charge on any atom is 0.122 e. The van der Waals surface area contributed by atoms with Gasteiger partial charge in [0.05, 0.1) is 6.61 Å². The van der Waals surface area contributed by atoms with Crippen LogP contribution < -0.4 is 4.74 Å². The molecule has 0 spiro atoms. The molecule has 0 atom stereocenters. The summed E-state index contributed by atoms with van der Waals surface area (Å²) in [4.78, 5) is 0. The van der Waals surface area contributed by atoms with Gasteiger partial charge in [0.25, 0.3) is 0 Å². The highest BCUT2D eigenvalue weighted by atomic mass is 35.5. The monoisotopic (exact) mass is 228 g/mol. The van der Waals surface area contributed by atoms with Crippen LogP contribution in [-0.4, -0.2) is 24.2 Å². The lowest BCUT2D eigenvalue weighted by Crippen LogP contribution is -2.00. The Morgan fingerprint density at radius 2 is 2.20 bits per heavy atom. The minimum Gasteiger partial charge on any atom is -0.493 e. The zero-order valence-electron chi connectivity index (χ0n) is 9.00. The van der Waals surface area contributed by atoms with Crippen LogP contribution in [0.3, 0.4) is 0 Å². The molecule has 1 rings (SSSR count). The maximum atomic E-state index is 8.81. The first kappa shape index (κ1) is 12.3. The van der Waals surface area contributed by atoms with Crippen LogP contribution in [-0.2, 0) is 6.42 Å². The second-order valence-electron chi connectivity index (χ2n) is 3.46. The summed E-state index contributed by atoms with van der Waals surface area (Å²) >= 11 is 5.57. The van der Waals surface area contributed by atoms with Crippen LogP contribution in [0.4, 0.5) is 0 Å². The van der Waals surface area contributed by atoms with E-state index in [4.69, 9.17) is 21.4 Å². The number of benzene rings is 1. The van der Waals surface area contributed by atoms with Crippen molar-refractivity contribution in [1.29, 1.82) is 0 Å². The molecule has 0 aliphatic rings. The fraction of sp³-hybridized carbons (Fsp3) is 0.500. The first-order chi connectivity index (χ1) is 7.27. The van der Waals surface area contributed by atoms with E-state index in [9.17, 15) is 0 Å². The van der Waals surface area contributed by atoms with Crippen LogP contribution >= 0.6 is 11.6 Å². The van der Waals surface area contributed by atoms with Crippen molar-refractivity contribution >= 4 is 11.6 Å². The Balaban J connectivity index is 2.58. The van der Waals surface area contributed by atoms with E-state index in [-0.39, 0.29) is 6.61 Å². The normalized spacial score (nSPS) is 10.3. The first-order valence-corrected chi connectivity index (χ1v) is 5.70. The Kier molecular flexibility index (Phi) is 5.51. The van der Waals surface area contributed by atoms with Gasteiger partial charge in [-0.1, -0.05) is 12.1 Å². The van der Waals surface area contributed by atoms with Gasteiger partial charge in [-0.3, -0.25) is 0 Å². The minimum absolute atomic E-state index is 0.186. The van der Waals surface area contributed by atoms with Gasteiger partial charge >= 0.3 is 0 Å². The highest BCUT2D eigenvalue weighted by Gasteiger charge is 2.00. The molecule has 0 aliphatic carbocycles. The molecule has 15 heavy (non-hydrogen) atoms. The number of hydrogen-bond acceptors (Lipinski definition) is 2. The Labute approximate surface area is 95.8 Å². The predicted octanol–water partition coefficient (Wildman–Crippen LogP) is 2.54. The second-order valence-corrected chi connectivity index (χ2v) is 3.84. The lowest BCUT2D eigenvalue weighted by atomic mass is 10.1. The van der Waals surface area contributed by atoms with Crippen molar-refractivity contribution in [3.63, 3.8) is 0 Å². The molecule has 0 saturated heterocycles. The molecule has 1 aromatic rings. The van der Waals surface area contributed by atoms with Crippen LogP contribution in [0.5, 0.6) is 5.75 Å². The summed E-state index contributed by atoms with van der Waals surface area (Å²) in [7, 11) is 0. The molecule has 2 nitrogen and oxygen atoms in total. The number of rotatable bonds is 6. The summed E-state index contributed by atoms with van der Waals surface area (Å²) < 4.78 is 5.56. The van der Waals surface area contributed by atoms with Crippen molar-refractivity contribution in [3.8, 4) is 5.75 Å². The summed E-state index contributed by atoms with van der Waals surface area (Å²) in [5.41, 5.74) is 2.25. The van der Waals surface area contributed by atoms with Gasteiger partial charge in [0.2, 0.25) is 0 Å². The third-order valence-electron chi connectivity index (χ3n) is 2.18. The van der Waals surface area contributed by atoms with Crippen LogP contribution in [0, 0.1) is 6.92 Å². The van der Waals surface area contributed by atoms with E-state index in [0.717, 1.165) is 23.3 Å². The maximum absolute atomic E-state index is 8.81. The number of alkyl halides is 1. The van der Waals surface area contributed by atoms with E-state index in [1.54, 1.807) is 0 Å². The van der Waals surface area contributed by atoms with Crippen molar-refractivity contribution in [2.75, 3.05) is 19.1 Å². The van der Waals surface area contributed by atoms with Crippen LogP contribution in [0.15, 0.2) is 18.2 Å². The topological polar surface area (TPSA) is 29.5 Å². The standard InChI is InChI=1S/C12H17ClO2/c1-10-9-11(5-7-14)3-4-12(10)15-8-2-6-13/h3-4,9,14H,2,5-8H2,1H3. The Bertz CT molecular complexity index is 300. The number of aryl methyl sites for hydroxylation is 1. The number of hydrogen-bond donors (Lipinski definition) is 1. The van der Waals surface area contributed by atoms with E-state index in [1.807, 2.05) is 25.1 Å². The molecule has 0 heterocycles. The molecular weight excluding hydrogens is 212 g/mol. The zero-order chi connectivity index (χ0) is 11.1. The minimum atomic E-state index is 0.186. The number of aliphatic hydroxyl groups excluding tert-OH is 1. The molecular formula is C12H17ClO2. The number of aliphatic hydroxyl groups is 1. The zero-order valence-corrected chi connectivity index (χ0v) is 9.76. The summed E-state index contributed by atoms with van der Waals surface area (Å²) in [5.74, 6) is 1.53. The molecule has 0 bridgehead atoms. The van der Waals surface area contributed by atoms with Crippen LogP contribution in [0.25, 0.3) is 0 Å². The van der Waals surface area contributed by atoms with Gasteiger partial charge in [-0.05, 0) is 37.0 Å². The van der Waals surface area contributed by atoms with Crippen LogP contribution in [0.2, 0.25) is 0 Å². The third-order valence-corrected chi connectivity index (χ3v) is 2.44. The third kappa shape index (κ3) is 4.10. The van der Waals surface area contributed by atoms with Crippen molar-refractivity contribution in [2.45, 2.75) is 19.8 Å². The molecule has 84 valence electrons. The summed E-state index contributed by atoms with van der Waals surface area (Å²) in [6.45, 7) is 2.85. The van der Waals surface area contributed by atoms with E-state index in [0.29, 0.717) is 18.9 Å². The van der Waals surface area contributed by atoms with Gasteiger partial charge in [-0.25, -0.2) is 0 Å². The number of halogens is 1. The van der Waals surface area contributed by atoms with E-state index < -0.39 is 0 Å². The quantitative estimate of drug-likeness (QED) is 0.599. The van der Waals surface area contributed by atoms with E-state index in [2.05, 4.69) is 0 Å². The first-order valence-electron chi connectivity index (χ1n) is 5.17. The van der Waals surface area contributed by atoms with Gasteiger partial charge in [-0.15, -0.1) is 11.6 Å². The molecule has 1 aromatic carbocycles. The highest BCUT2D eigenvalue weighted by Crippen LogP contribution is 2.19. The van der Waals surface area contributed by atoms with Crippen molar-refractivity contribution in [1.82, 2.24) is 0 Å². The van der Waals surface area contributed by atoms with Crippen LogP contribution in [0.1, 0.15) is 17.5 Å². The van der Waals surface area contributed by atoms with Gasteiger partial charge in [0, 0.05) is 12.5 Å². The van der Waals surface area contributed by atoms with Crippen molar-refractivity contribution < 1.29 is 9.84 Å². The molecule has 0 radical (unpaired) electrons. The fourth-order valence-corrected chi connectivity index (χ4v) is 1.50. The molecule has 0 saturated carbocycles. The molecule has 3 heteroatoms. The molecule has 0 aliphatic heterocycles. The largest absolute Gasteiger partial charge is 0.493 e. The lowest BCUT2D eigenvalue weighted by molar-refractivity contribution is 0.299. The lowest BCUT2D eigenvalue weighted by Gasteiger charge is -2.09. The summed E-state index contributed by atoms with van der Waals surface area (Å²) in [6.07, 6.45) is 1.56. The summed E-state index contributed by atoms with van der Waals surface area (Å²) in [6, 6.07) is 5.99. The SMILES string of the molecule is Cc1cc(CCO)ccc1OCCCCl. The smallest absolute Gasteiger partial charge is 0.122 e.